The molecule has 0 aromatic heterocycles. The van der Waals surface area contributed by atoms with Crippen LogP contribution in [0.4, 0.5) is 0 Å². The molecule has 4 heteroatoms. The van der Waals surface area contributed by atoms with Crippen LogP contribution in [0.2, 0.25) is 0 Å². The third-order valence-corrected chi connectivity index (χ3v) is 3.30. The Morgan fingerprint density at radius 2 is 2.27 bits per heavy atom. The monoisotopic (exact) mass is 210 g/mol. The van der Waals surface area contributed by atoms with Gasteiger partial charge >= 0.3 is 0 Å². The maximum absolute atomic E-state index is 12.0. The number of carbonyl (C=O) groups is 2. The highest BCUT2D eigenvalue weighted by Crippen LogP contribution is 2.23. The first-order valence-electron chi connectivity index (χ1n) is 5.85. The standard InChI is InChI=1S/C11H18N2O2/c1-2-3-5-8-11(15)13-7-4-6-9(13)10(14)12-8/h8-9H,2-7H2,1H3,(H,12,14). The van der Waals surface area contributed by atoms with Gasteiger partial charge in [-0.2, -0.15) is 0 Å². The van der Waals surface area contributed by atoms with E-state index in [-0.39, 0.29) is 23.9 Å². The smallest absolute Gasteiger partial charge is 0.245 e. The van der Waals surface area contributed by atoms with Crippen LogP contribution in [0.5, 0.6) is 0 Å². The summed E-state index contributed by atoms with van der Waals surface area (Å²) >= 11 is 0. The molecule has 2 unspecified atom stereocenters. The zero-order chi connectivity index (χ0) is 10.8. The van der Waals surface area contributed by atoms with Crippen molar-refractivity contribution in [1.29, 1.82) is 0 Å². The second-order valence-electron chi connectivity index (χ2n) is 4.39. The van der Waals surface area contributed by atoms with E-state index < -0.39 is 0 Å². The van der Waals surface area contributed by atoms with Gasteiger partial charge in [0.15, 0.2) is 0 Å². The molecule has 2 saturated heterocycles. The Bertz CT molecular complexity index is 278. The average molecular weight is 210 g/mol. The zero-order valence-corrected chi connectivity index (χ0v) is 9.16. The van der Waals surface area contributed by atoms with Gasteiger partial charge < -0.3 is 10.2 Å². The van der Waals surface area contributed by atoms with E-state index in [0.717, 1.165) is 38.6 Å². The van der Waals surface area contributed by atoms with Crippen LogP contribution in [0.15, 0.2) is 0 Å². The molecular weight excluding hydrogens is 192 g/mol. The summed E-state index contributed by atoms with van der Waals surface area (Å²) in [7, 11) is 0. The summed E-state index contributed by atoms with van der Waals surface area (Å²) in [4.78, 5) is 25.4. The molecule has 2 aliphatic rings. The SMILES string of the molecule is CCCCC1NC(=O)C2CCCN2C1=O. The fraction of sp³-hybridized carbons (Fsp3) is 0.818. The minimum absolute atomic E-state index is 0.0493. The van der Waals surface area contributed by atoms with Crippen molar-refractivity contribution in [3.05, 3.63) is 0 Å². The maximum atomic E-state index is 12.0. The molecule has 2 amide bonds. The summed E-state index contributed by atoms with van der Waals surface area (Å²) in [5, 5.41) is 2.84. The normalized spacial score (nSPS) is 30.3. The number of nitrogens with one attached hydrogen (secondary N) is 1. The summed E-state index contributed by atoms with van der Waals surface area (Å²) in [5.74, 6) is 0.179. The molecule has 2 fully saturated rings. The molecule has 15 heavy (non-hydrogen) atoms. The van der Waals surface area contributed by atoms with Crippen LogP contribution < -0.4 is 5.32 Å². The first-order valence-corrected chi connectivity index (χ1v) is 5.85. The predicted molar refractivity (Wildman–Crippen MR) is 56.2 cm³/mol. The molecule has 2 atom stereocenters. The first kappa shape index (κ1) is 10.5. The highest BCUT2D eigenvalue weighted by Gasteiger charge is 2.42. The third kappa shape index (κ3) is 1.85. The minimum Gasteiger partial charge on any atom is -0.343 e. The summed E-state index contributed by atoms with van der Waals surface area (Å²) in [6, 6.07) is -0.429. The van der Waals surface area contributed by atoms with Gasteiger partial charge in [0.2, 0.25) is 11.8 Å². The number of carbonyl (C=O) groups excluding carboxylic acids is 2. The van der Waals surface area contributed by atoms with E-state index in [1.165, 1.54) is 0 Å². The van der Waals surface area contributed by atoms with E-state index in [2.05, 4.69) is 12.2 Å². The molecule has 0 aromatic rings. The fourth-order valence-electron chi connectivity index (χ4n) is 2.44. The molecule has 1 N–H and O–H groups in total. The van der Waals surface area contributed by atoms with Crippen LogP contribution in [-0.2, 0) is 9.59 Å². The van der Waals surface area contributed by atoms with E-state index in [1.807, 2.05) is 0 Å². The maximum Gasteiger partial charge on any atom is 0.245 e. The van der Waals surface area contributed by atoms with E-state index in [4.69, 9.17) is 0 Å². The van der Waals surface area contributed by atoms with E-state index in [0.29, 0.717) is 0 Å². The first-order chi connectivity index (χ1) is 7.24. The van der Waals surface area contributed by atoms with E-state index in [1.54, 1.807) is 4.90 Å². The number of fused-ring (bicyclic) bond motifs is 1. The Balaban J connectivity index is 2.03. The minimum atomic E-state index is -0.258. The highest BCUT2D eigenvalue weighted by atomic mass is 16.2. The summed E-state index contributed by atoms with van der Waals surface area (Å²) in [5.41, 5.74) is 0. The van der Waals surface area contributed by atoms with Crippen molar-refractivity contribution in [2.75, 3.05) is 6.54 Å². The van der Waals surface area contributed by atoms with Crippen molar-refractivity contribution in [2.24, 2.45) is 0 Å². The lowest BCUT2D eigenvalue weighted by atomic mass is 10.0. The van der Waals surface area contributed by atoms with Gasteiger partial charge in [0, 0.05) is 6.54 Å². The number of hydrogen-bond acceptors (Lipinski definition) is 2. The lowest BCUT2D eigenvalue weighted by molar-refractivity contribution is -0.147. The third-order valence-electron chi connectivity index (χ3n) is 3.30. The van der Waals surface area contributed by atoms with Crippen LogP contribution >= 0.6 is 0 Å². The van der Waals surface area contributed by atoms with Gasteiger partial charge in [-0.05, 0) is 19.3 Å². The van der Waals surface area contributed by atoms with Gasteiger partial charge in [0.25, 0.3) is 0 Å². The van der Waals surface area contributed by atoms with E-state index in [9.17, 15) is 9.59 Å². The molecule has 0 radical (unpaired) electrons. The molecule has 0 saturated carbocycles. The fourth-order valence-corrected chi connectivity index (χ4v) is 2.44. The van der Waals surface area contributed by atoms with Gasteiger partial charge in [-0.3, -0.25) is 9.59 Å². The topological polar surface area (TPSA) is 49.4 Å². The van der Waals surface area contributed by atoms with Crippen molar-refractivity contribution >= 4 is 11.8 Å². The number of unbranched alkanes of at least 4 members (excludes halogenated alkanes) is 1. The molecule has 0 bridgehead atoms. The second kappa shape index (κ2) is 4.21. The molecule has 0 spiro atoms. The molecular formula is C11H18N2O2. The van der Waals surface area contributed by atoms with Crippen molar-refractivity contribution in [3.8, 4) is 0 Å². The Labute approximate surface area is 90.0 Å². The lowest BCUT2D eigenvalue weighted by Gasteiger charge is -2.34. The van der Waals surface area contributed by atoms with Gasteiger partial charge in [-0.1, -0.05) is 19.8 Å². The van der Waals surface area contributed by atoms with Crippen LogP contribution in [0, 0.1) is 0 Å². The number of piperazine rings is 1. The molecule has 2 heterocycles. The molecule has 0 aliphatic carbocycles. The quantitative estimate of drug-likeness (QED) is 0.744. The van der Waals surface area contributed by atoms with Crippen LogP contribution in [0.1, 0.15) is 39.0 Å². The number of amides is 2. The largest absolute Gasteiger partial charge is 0.343 e. The van der Waals surface area contributed by atoms with Crippen LogP contribution in [0.3, 0.4) is 0 Å². The molecule has 2 aliphatic heterocycles. The van der Waals surface area contributed by atoms with E-state index >= 15 is 0 Å². The van der Waals surface area contributed by atoms with Crippen LogP contribution in [0.25, 0.3) is 0 Å². The summed E-state index contributed by atoms with van der Waals surface area (Å²) in [6.07, 6.45) is 4.63. The Hall–Kier alpha value is -1.06. The molecule has 4 nitrogen and oxygen atoms in total. The number of rotatable bonds is 3. The molecule has 2 rings (SSSR count). The average Bonchev–Trinajstić information content (AvgIpc) is 2.70. The van der Waals surface area contributed by atoms with Crippen molar-refractivity contribution in [2.45, 2.75) is 51.1 Å². The summed E-state index contributed by atoms with van der Waals surface area (Å²) in [6.45, 7) is 2.85. The lowest BCUT2D eigenvalue weighted by Crippen LogP contribution is -2.60. The van der Waals surface area contributed by atoms with Crippen molar-refractivity contribution in [3.63, 3.8) is 0 Å². The van der Waals surface area contributed by atoms with Gasteiger partial charge in [-0.15, -0.1) is 0 Å². The summed E-state index contributed by atoms with van der Waals surface area (Å²) < 4.78 is 0. The molecule has 0 aromatic carbocycles. The highest BCUT2D eigenvalue weighted by molar-refractivity contribution is 5.97. The zero-order valence-electron chi connectivity index (χ0n) is 9.16. The number of hydrogen-bond donors (Lipinski definition) is 1. The second-order valence-corrected chi connectivity index (χ2v) is 4.39. The number of nitrogens with zero attached hydrogens (tertiary/aromatic N) is 1. The van der Waals surface area contributed by atoms with Gasteiger partial charge in [0.1, 0.15) is 12.1 Å². The predicted octanol–water partition coefficient (Wildman–Crippen LogP) is 0.666. The van der Waals surface area contributed by atoms with Gasteiger partial charge in [-0.25, -0.2) is 0 Å². The van der Waals surface area contributed by atoms with Crippen molar-refractivity contribution in [1.82, 2.24) is 10.2 Å². The molecule has 84 valence electrons. The Morgan fingerprint density at radius 1 is 1.47 bits per heavy atom. The van der Waals surface area contributed by atoms with Crippen LogP contribution in [-0.4, -0.2) is 35.3 Å². The van der Waals surface area contributed by atoms with Crippen molar-refractivity contribution < 1.29 is 9.59 Å². The van der Waals surface area contributed by atoms with Gasteiger partial charge in [0.05, 0.1) is 0 Å². The Morgan fingerprint density at radius 3 is 3.00 bits per heavy atom. The Kier molecular flexibility index (Phi) is 2.93.